The summed E-state index contributed by atoms with van der Waals surface area (Å²) >= 11 is 23.8. The Balaban J connectivity index is 0.000000215. The monoisotopic (exact) mass is 936 g/mol. The molecule has 4 aromatic rings. The maximum atomic E-state index is 12.8. The predicted molar refractivity (Wildman–Crippen MR) is 241 cm³/mol. The number of carbonyl (C=O) groups excluding carboxylic acids is 2. The molecule has 3 heterocycles. The number of ether oxygens (including phenoxy) is 2. The number of phenols is 1. The highest BCUT2D eigenvalue weighted by Gasteiger charge is 2.23. The van der Waals surface area contributed by atoms with Crippen molar-refractivity contribution in [1.82, 2.24) is 9.80 Å². The van der Waals surface area contributed by atoms with E-state index in [0.717, 1.165) is 71.1 Å². The summed E-state index contributed by atoms with van der Waals surface area (Å²) in [4.78, 5) is 49.6. The molecule has 0 radical (unpaired) electrons. The third-order valence-electron chi connectivity index (χ3n) is 9.69. The molecule has 0 atom stereocenters. The third kappa shape index (κ3) is 16.2. The topological polar surface area (TPSA) is 210 Å². The SMILES string of the molecule is C1CCOC1.CN1CCC(O)CC1.CN1CCC(Oc2ccc(Cl)cc2C(=O)Nc2ccc([N+](=O)[O-])cc2Cl)CC1.O=C(Nc1ccc([N+](=O)[O-])cc1Cl)c1cc(Cl)ccc1O. The average Bonchev–Trinajstić information content (AvgIpc) is 3.84. The van der Waals surface area contributed by atoms with Crippen LogP contribution in [0.5, 0.6) is 11.5 Å². The number of carbonyl (C=O) groups is 2. The molecule has 0 aromatic heterocycles. The van der Waals surface area contributed by atoms with Crippen LogP contribution in [0, 0.1) is 20.2 Å². The lowest BCUT2D eigenvalue weighted by Gasteiger charge is -2.29. The number of rotatable bonds is 8. The molecule has 3 fully saturated rings. The van der Waals surface area contributed by atoms with Crippen LogP contribution in [0.2, 0.25) is 20.1 Å². The zero-order valence-corrected chi connectivity index (χ0v) is 37.1. The smallest absolute Gasteiger partial charge is 0.271 e. The van der Waals surface area contributed by atoms with E-state index in [1.165, 1.54) is 67.4 Å². The first-order valence-corrected chi connectivity index (χ1v) is 21.1. The number of nitro benzene ring substituents is 2. The molecule has 3 aliphatic heterocycles. The van der Waals surface area contributed by atoms with E-state index in [4.69, 9.17) is 61.0 Å². The number of hydrogen-bond donors (Lipinski definition) is 4. The minimum Gasteiger partial charge on any atom is -0.507 e. The Bertz CT molecular complexity index is 2150. The number of anilines is 2. The number of amides is 2. The van der Waals surface area contributed by atoms with Gasteiger partial charge >= 0.3 is 0 Å². The first kappa shape index (κ1) is 49.9. The number of aliphatic hydroxyl groups is 1. The highest BCUT2D eigenvalue weighted by atomic mass is 35.5. The van der Waals surface area contributed by atoms with Crippen LogP contribution in [-0.4, -0.2) is 107 Å². The Labute approximate surface area is 378 Å². The summed E-state index contributed by atoms with van der Waals surface area (Å²) in [6, 6.07) is 16.4. The molecule has 0 spiro atoms. The van der Waals surface area contributed by atoms with Crippen molar-refractivity contribution in [1.29, 1.82) is 0 Å². The van der Waals surface area contributed by atoms with Gasteiger partial charge in [-0.2, -0.15) is 0 Å². The standard InChI is InChI=1S/C19H19Cl2N3O4.C13H8Cl2N2O4.C6H13NO.C4H8O/c1-23-8-6-14(7-9-23)28-18-5-2-12(20)10-15(18)19(25)22-17-4-3-13(24(26)27)11-16(17)21;14-7-1-4-12(18)9(5-7)13(19)16-11-3-2-8(17(20)21)6-10(11)15;1-7-4-2-6(8)3-5-7;1-2-4-5-3-1/h2-5,10-11,14H,6-9H2,1H3,(H,22,25);1-6,18H,(H,16,19);6,8H,2-5H2,1H3;1-4H2. The maximum Gasteiger partial charge on any atom is 0.271 e. The van der Waals surface area contributed by atoms with Crippen molar-refractivity contribution >= 4 is 81.0 Å². The number of piperidine rings is 2. The van der Waals surface area contributed by atoms with E-state index in [2.05, 4.69) is 34.5 Å². The molecule has 334 valence electrons. The number of halogens is 4. The summed E-state index contributed by atoms with van der Waals surface area (Å²) in [5.41, 5.74) is 0.354. The molecule has 0 bridgehead atoms. The van der Waals surface area contributed by atoms with E-state index in [1.54, 1.807) is 12.1 Å². The molecule has 7 rings (SSSR count). The number of nitrogens with zero attached hydrogens (tertiary/aromatic N) is 4. The molecule has 16 nitrogen and oxygen atoms in total. The van der Waals surface area contributed by atoms with Gasteiger partial charge in [0.25, 0.3) is 23.2 Å². The lowest BCUT2D eigenvalue weighted by molar-refractivity contribution is -0.385. The first-order chi connectivity index (χ1) is 29.5. The van der Waals surface area contributed by atoms with E-state index in [-0.39, 0.29) is 66.9 Å². The van der Waals surface area contributed by atoms with E-state index >= 15 is 0 Å². The quantitative estimate of drug-likeness (QED) is 0.0962. The Hall–Kier alpha value is -4.78. The van der Waals surface area contributed by atoms with Crippen molar-refractivity contribution < 1.29 is 39.1 Å². The first-order valence-electron chi connectivity index (χ1n) is 19.6. The number of hydrogen-bond acceptors (Lipinski definition) is 12. The Morgan fingerprint density at radius 1 is 0.694 bits per heavy atom. The minimum atomic E-state index is -0.634. The predicted octanol–water partition coefficient (Wildman–Crippen LogP) is 9.36. The highest BCUT2D eigenvalue weighted by Crippen LogP contribution is 2.31. The number of phenolic OH excluding ortho intramolecular Hbond substituents is 1. The average molecular weight is 939 g/mol. The van der Waals surface area contributed by atoms with Gasteiger partial charge in [-0.1, -0.05) is 46.4 Å². The summed E-state index contributed by atoms with van der Waals surface area (Å²) in [7, 11) is 4.15. The normalized spacial score (nSPS) is 15.7. The number of benzene rings is 4. The van der Waals surface area contributed by atoms with Crippen LogP contribution in [0.15, 0.2) is 72.8 Å². The van der Waals surface area contributed by atoms with Crippen LogP contribution in [0.1, 0.15) is 59.2 Å². The fourth-order valence-corrected chi connectivity index (χ4v) is 6.87. The highest BCUT2D eigenvalue weighted by molar-refractivity contribution is 6.35. The van der Waals surface area contributed by atoms with Gasteiger partial charge in [-0.25, -0.2) is 0 Å². The summed E-state index contributed by atoms with van der Waals surface area (Å²) in [6.07, 6.45) is 6.20. The van der Waals surface area contributed by atoms with Crippen molar-refractivity contribution in [2.75, 3.05) is 64.1 Å². The molecule has 3 aliphatic rings. The molecule has 3 saturated heterocycles. The van der Waals surface area contributed by atoms with Crippen LogP contribution in [0.25, 0.3) is 0 Å². The van der Waals surface area contributed by atoms with Crippen molar-refractivity contribution in [2.24, 2.45) is 0 Å². The molecule has 0 aliphatic carbocycles. The van der Waals surface area contributed by atoms with Crippen LogP contribution in [0.3, 0.4) is 0 Å². The molecule has 62 heavy (non-hydrogen) atoms. The summed E-state index contributed by atoms with van der Waals surface area (Å²) < 4.78 is 11.0. The zero-order chi connectivity index (χ0) is 45.3. The van der Waals surface area contributed by atoms with Gasteiger partial charge in [-0.05, 0) is 101 Å². The van der Waals surface area contributed by atoms with Crippen LogP contribution in [0.4, 0.5) is 22.7 Å². The van der Waals surface area contributed by atoms with Crippen LogP contribution >= 0.6 is 46.4 Å². The molecule has 4 N–H and O–H groups in total. The maximum absolute atomic E-state index is 12.8. The number of aromatic hydroxyl groups is 1. The number of non-ortho nitro benzene ring substituents is 2. The van der Waals surface area contributed by atoms with Gasteiger partial charge < -0.3 is 40.1 Å². The summed E-state index contributed by atoms with van der Waals surface area (Å²) in [5, 5.41) is 45.9. The zero-order valence-electron chi connectivity index (χ0n) is 34.0. The van der Waals surface area contributed by atoms with E-state index in [1.807, 2.05) is 0 Å². The minimum absolute atomic E-state index is 0.0130. The lowest BCUT2D eigenvalue weighted by Crippen LogP contribution is -2.36. The van der Waals surface area contributed by atoms with E-state index in [0.29, 0.717) is 10.8 Å². The van der Waals surface area contributed by atoms with Gasteiger partial charge in [0.2, 0.25) is 0 Å². The molecular weight excluding hydrogens is 890 g/mol. The number of nitro groups is 2. The van der Waals surface area contributed by atoms with Crippen molar-refractivity contribution in [3.63, 3.8) is 0 Å². The Morgan fingerprint density at radius 2 is 1.15 bits per heavy atom. The van der Waals surface area contributed by atoms with Gasteiger partial charge in [0.05, 0.1) is 48.5 Å². The molecule has 0 unspecified atom stereocenters. The van der Waals surface area contributed by atoms with Crippen molar-refractivity contribution in [3.05, 3.63) is 124 Å². The van der Waals surface area contributed by atoms with Crippen molar-refractivity contribution in [3.8, 4) is 11.5 Å². The lowest BCUT2D eigenvalue weighted by atomic mass is 10.1. The summed E-state index contributed by atoms with van der Waals surface area (Å²) in [5.74, 6) is -0.892. The van der Waals surface area contributed by atoms with E-state index < -0.39 is 21.7 Å². The van der Waals surface area contributed by atoms with E-state index in [9.17, 15) is 34.9 Å². The largest absolute Gasteiger partial charge is 0.507 e. The fraction of sp³-hybridized carbons (Fsp3) is 0.381. The molecule has 4 aromatic carbocycles. The second kappa shape index (κ2) is 24.8. The van der Waals surface area contributed by atoms with Gasteiger partial charge in [0, 0.05) is 73.7 Å². The number of aliphatic hydroxyl groups excluding tert-OH is 1. The Kier molecular flexibility index (Phi) is 19.9. The fourth-order valence-electron chi connectivity index (χ4n) is 6.08. The second-order valence-electron chi connectivity index (χ2n) is 14.5. The van der Waals surface area contributed by atoms with Crippen molar-refractivity contribution in [2.45, 2.75) is 50.7 Å². The number of likely N-dealkylation sites (tertiary alicyclic amines) is 2. The number of nitrogens with one attached hydrogen (secondary N) is 2. The van der Waals surface area contributed by atoms with Gasteiger partial charge in [-0.3, -0.25) is 29.8 Å². The molecule has 20 heteroatoms. The van der Waals surface area contributed by atoms with Crippen LogP contribution < -0.4 is 15.4 Å². The molecule has 0 saturated carbocycles. The van der Waals surface area contributed by atoms with Gasteiger partial charge in [-0.15, -0.1) is 0 Å². The second-order valence-corrected chi connectivity index (χ2v) is 16.2. The molecule has 2 amide bonds. The molecular formula is C42H48Cl4N6O10. The van der Waals surface area contributed by atoms with Gasteiger partial charge in [0.1, 0.15) is 17.6 Å². The summed E-state index contributed by atoms with van der Waals surface area (Å²) in [6.45, 7) is 5.97. The third-order valence-corrected chi connectivity index (χ3v) is 10.8. The Morgan fingerprint density at radius 3 is 1.58 bits per heavy atom. The van der Waals surface area contributed by atoms with Crippen LogP contribution in [-0.2, 0) is 4.74 Å². The van der Waals surface area contributed by atoms with Gasteiger partial charge in [0.15, 0.2) is 0 Å².